The Bertz CT molecular complexity index is 694. The number of hydrogen-bond acceptors (Lipinski definition) is 3. The number of hydrogen-bond donors (Lipinski definition) is 1. The SMILES string of the molecule is Cc1cc(=O)cc(C(=O)NCCCc2ccccc2F)o1. The van der Waals surface area contributed by atoms with Gasteiger partial charge in [0.1, 0.15) is 11.6 Å². The van der Waals surface area contributed by atoms with Crippen molar-refractivity contribution in [3.05, 3.63) is 69.5 Å². The summed E-state index contributed by atoms with van der Waals surface area (Å²) in [5, 5.41) is 2.65. The van der Waals surface area contributed by atoms with E-state index in [0.717, 1.165) is 6.07 Å². The molecule has 21 heavy (non-hydrogen) atoms. The highest BCUT2D eigenvalue weighted by Gasteiger charge is 2.09. The molecule has 4 nitrogen and oxygen atoms in total. The minimum atomic E-state index is -0.440. The van der Waals surface area contributed by atoms with E-state index in [1.807, 2.05) is 0 Å². The second-order valence-corrected chi connectivity index (χ2v) is 4.72. The van der Waals surface area contributed by atoms with Gasteiger partial charge < -0.3 is 9.73 Å². The van der Waals surface area contributed by atoms with E-state index >= 15 is 0 Å². The smallest absolute Gasteiger partial charge is 0.287 e. The lowest BCUT2D eigenvalue weighted by Crippen LogP contribution is -2.25. The van der Waals surface area contributed by atoms with Crippen LogP contribution in [0, 0.1) is 12.7 Å². The molecular formula is C16H16FNO3. The lowest BCUT2D eigenvalue weighted by molar-refractivity contribution is 0.0921. The van der Waals surface area contributed by atoms with Gasteiger partial charge in [0.2, 0.25) is 0 Å². The number of amides is 1. The van der Waals surface area contributed by atoms with Crippen LogP contribution in [-0.2, 0) is 6.42 Å². The molecule has 0 spiro atoms. The summed E-state index contributed by atoms with van der Waals surface area (Å²) in [6.45, 7) is 1.99. The van der Waals surface area contributed by atoms with E-state index in [2.05, 4.69) is 5.32 Å². The van der Waals surface area contributed by atoms with Crippen molar-refractivity contribution in [3.63, 3.8) is 0 Å². The van der Waals surface area contributed by atoms with E-state index in [4.69, 9.17) is 4.42 Å². The van der Waals surface area contributed by atoms with Gasteiger partial charge in [0.05, 0.1) is 0 Å². The van der Waals surface area contributed by atoms with Gasteiger partial charge in [-0.1, -0.05) is 18.2 Å². The molecule has 0 fully saturated rings. The zero-order valence-corrected chi connectivity index (χ0v) is 11.7. The minimum absolute atomic E-state index is 0.00843. The third-order valence-corrected chi connectivity index (χ3v) is 2.98. The molecule has 110 valence electrons. The van der Waals surface area contributed by atoms with Crippen LogP contribution in [0.5, 0.6) is 0 Å². The first-order valence-electron chi connectivity index (χ1n) is 6.69. The Hall–Kier alpha value is -2.43. The minimum Gasteiger partial charge on any atom is -0.456 e. The predicted octanol–water partition coefficient (Wildman–Crippen LogP) is 2.45. The second-order valence-electron chi connectivity index (χ2n) is 4.72. The number of benzene rings is 1. The monoisotopic (exact) mass is 289 g/mol. The van der Waals surface area contributed by atoms with Gasteiger partial charge in [0.15, 0.2) is 11.2 Å². The van der Waals surface area contributed by atoms with E-state index in [1.54, 1.807) is 25.1 Å². The Labute approximate surface area is 121 Å². The van der Waals surface area contributed by atoms with Gasteiger partial charge in [-0.15, -0.1) is 0 Å². The van der Waals surface area contributed by atoms with Crippen LogP contribution in [0.4, 0.5) is 4.39 Å². The molecule has 1 aromatic heterocycles. The van der Waals surface area contributed by atoms with Crippen molar-refractivity contribution in [1.82, 2.24) is 5.32 Å². The zero-order valence-electron chi connectivity index (χ0n) is 11.7. The van der Waals surface area contributed by atoms with E-state index in [-0.39, 0.29) is 17.0 Å². The van der Waals surface area contributed by atoms with Gasteiger partial charge in [-0.2, -0.15) is 0 Å². The van der Waals surface area contributed by atoms with Crippen molar-refractivity contribution in [2.75, 3.05) is 6.54 Å². The molecule has 0 bridgehead atoms. The van der Waals surface area contributed by atoms with Crippen LogP contribution in [-0.4, -0.2) is 12.5 Å². The molecule has 0 atom stereocenters. The van der Waals surface area contributed by atoms with Crippen LogP contribution in [0.25, 0.3) is 0 Å². The molecule has 5 heteroatoms. The fraction of sp³-hybridized carbons (Fsp3) is 0.250. The number of halogens is 1. The summed E-state index contributed by atoms with van der Waals surface area (Å²) in [6.07, 6.45) is 1.13. The lowest BCUT2D eigenvalue weighted by Gasteiger charge is -2.06. The Kier molecular flexibility index (Phi) is 4.87. The third kappa shape index (κ3) is 4.27. The average Bonchev–Trinajstić information content (AvgIpc) is 2.44. The molecule has 0 saturated heterocycles. The maximum Gasteiger partial charge on any atom is 0.287 e. The Morgan fingerprint density at radius 2 is 2.05 bits per heavy atom. The summed E-state index contributed by atoms with van der Waals surface area (Å²) in [5.74, 6) is -0.303. The number of nitrogens with one attached hydrogen (secondary N) is 1. The highest BCUT2D eigenvalue weighted by Crippen LogP contribution is 2.08. The van der Waals surface area contributed by atoms with Gasteiger partial charge in [-0.05, 0) is 31.4 Å². The van der Waals surface area contributed by atoms with Crippen molar-refractivity contribution in [1.29, 1.82) is 0 Å². The summed E-state index contributed by atoms with van der Waals surface area (Å²) >= 11 is 0. The van der Waals surface area contributed by atoms with Crippen molar-refractivity contribution in [2.24, 2.45) is 0 Å². The molecule has 0 saturated carbocycles. The Morgan fingerprint density at radius 3 is 2.76 bits per heavy atom. The molecule has 2 rings (SSSR count). The van der Waals surface area contributed by atoms with Gasteiger partial charge >= 0.3 is 0 Å². The molecule has 2 aromatic rings. The van der Waals surface area contributed by atoms with Crippen molar-refractivity contribution in [2.45, 2.75) is 19.8 Å². The first-order chi connectivity index (χ1) is 10.1. The quantitative estimate of drug-likeness (QED) is 0.860. The summed E-state index contributed by atoms with van der Waals surface area (Å²) in [7, 11) is 0. The maximum atomic E-state index is 13.4. The van der Waals surface area contributed by atoms with Crippen LogP contribution in [0.1, 0.15) is 28.3 Å². The predicted molar refractivity (Wildman–Crippen MR) is 76.8 cm³/mol. The fourth-order valence-electron chi connectivity index (χ4n) is 1.98. The number of aryl methyl sites for hydroxylation is 2. The van der Waals surface area contributed by atoms with Crippen molar-refractivity contribution >= 4 is 5.91 Å². The average molecular weight is 289 g/mol. The summed E-state index contributed by atoms with van der Waals surface area (Å²) in [5.41, 5.74) is 0.351. The van der Waals surface area contributed by atoms with E-state index < -0.39 is 5.91 Å². The van der Waals surface area contributed by atoms with Crippen LogP contribution < -0.4 is 10.7 Å². The van der Waals surface area contributed by atoms with E-state index in [1.165, 1.54) is 12.1 Å². The first kappa shape index (κ1) is 15.0. The second kappa shape index (κ2) is 6.83. The summed E-state index contributed by atoms with van der Waals surface area (Å²) < 4.78 is 18.6. The molecule has 0 unspecified atom stereocenters. The van der Waals surface area contributed by atoms with E-state index in [0.29, 0.717) is 30.7 Å². The topological polar surface area (TPSA) is 59.3 Å². The molecule has 1 amide bonds. The molecule has 1 N–H and O–H groups in total. The molecule has 1 heterocycles. The van der Waals surface area contributed by atoms with Gasteiger partial charge in [0, 0.05) is 18.7 Å². The molecule has 0 aliphatic carbocycles. The molecule has 0 aliphatic heterocycles. The Morgan fingerprint density at radius 1 is 1.29 bits per heavy atom. The number of carbonyl (C=O) groups is 1. The van der Waals surface area contributed by atoms with Crippen LogP contribution >= 0.6 is 0 Å². The maximum absolute atomic E-state index is 13.4. The molecule has 1 aromatic carbocycles. The fourth-order valence-corrected chi connectivity index (χ4v) is 1.98. The highest BCUT2D eigenvalue weighted by molar-refractivity contribution is 5.91. The van der Waals surface area contributed by atoms with Gasteiger partial charge in [-0.25, -0.2) is 4.39 Å². The molecule has 0 radical (unpaired) electrons. The van der Waals surface area contributed by atoms with Crippen molar-refractivity contribution < 1.29 is 13.6 Å². The molecular weight excluding hydrogens is 273 g/mol. The number of carbonyl (C=O) groups excluding carboxylic acids is 1. The largest absolute Gasteiger partial charge is 0.456 e. The van der Waals surface area contributed by atoms with Gasteiger partial charge in [0.25, 0.3) is 5.91 Å². The summed E-state index contributed by atoms with van der Waals surface area (Å²) in [4.78, 5) is 23.1. The first-order valence-corrected chi connectivity index (χ1v) is 6.69. The Balaban J connectivity index is 1.85. The van der Waals surface area contributed by atoms with E-state index in [9.17, 15) is 14.0 Å². The van der Waals surface area contributed by atoms with Crippen molar-refractivity contribution in [3.8, 4) is 0 Å². The van der Waals surface area contributed by atoms with Crippen LogP contribution in [0.2, 0.25) is 0 Å². The summed E-state index contributed by atoms with van der Waals surface area (Å²) in [6, 6.07) is 9.01. The van der Waals surface area contributed by atoms with Crippen LogP contribution in [0.15, 0.2) is 45.6 Å². The standard InChI is InChI=1S/C16H16FNO3/c1-11-9-13(19)10-15(21-11)16(20)18-8-4-6-12-5-2-3-7-14(12)17/h2-3,5,7,9-10H,4,6,8H2,1H3,(H,18,20). The third-order valence-electron chi connectivity index (χ3n) is 2.98. The lowest BCUT2D eigenvalue weighted by atomic mass is 10.1. The zero-order chi connectivity index (χ0) is 15.2. The molecule has 0 aliphatic rings. The van der Waals surface area contributed by atoms with Crippen LogP contribution in [0.3, 0.4) is 0 Å². The van der Waals surface area contributed by atoms with Gasteiger partial charge in [-0.3, -0.25) is 9.59 Å². The highest BCUT2D eigenvalue weighted by atomic mass is 19.1. The number of rotatable bonds is 5. The normalized spacial score (nSPS) is 10.4.